The van der Waals surface area contributed by atoms with Crippen molar-refractivity contribution in [2.45, 2.75) is 12.5 Å². The van der Waals surface area contributed by atoms with E-state index in [1.165, 1.54) is 21.3 Å². The molecule has 0 N–H and O–H groups in total. The summed E-state index contributed by atoms with van der Waals surface area (Å²) in [6.07, 6.45) is -0.304. The highest BCUT2D eigenvalue weighted by Gasteiger charge is 2.34. The van der Waals surface area contributed by atoms with Crippen LogP contribution in [-0.2, 0) is 0 Å². The van der Waals surface area contributed by atoms with Gasteiger partial charge in [-0.05, 0) is 17.7 Å². The van der Waals surface area contributed by atoms with Crippen LogP contribution >= 0.6 is 0 Å². The fraction of sp³-hybridized carbons (Fsp3) is 0.350. The van der Waals surface area contributed by atoms with E-state index >= 15 is 0 Å². The van der Waals surface area contributed by atoms with Crippen LogP contribution in [0.25, 0.3) is 0 Å². The largest absolute Gasteiger partial charge is 0.493 e. The second kappa shape index (κ2) is 7.65. The number of ether oxygens (including phenoxy) is 6. The van der Waals surface area contributed by atoms with Crippen molar-refractivity contribution in [1.29, 1.82) is 0 Å². The summed E-state index contributed by atoms with van der Waals surface area (Å²) in [5.41, 5.74) is 1.16. The van der Waals surface area contributed by atoms with Crippen LogP contribution in [0.2, 0.25) is 0 Å². The predicted molar refractivity (Wildman–Crippen MR) is 98.0 cm³/mol. The zero-order valence-electron chi connectivity index (χ0n) is 16.0. The van der Waals surface area contributed by atoms with Gasteiger partial charge in [0.2, 0.25) is 5.75 Å². The van der Waals surface area contributed by atoms with Gasteiger partial charge < -0.3 is 28.4 Å². The Morgan fingerprint density at radius 1 is 0.815 bits per heavy atom. The summed E-state index contributed by atoms with van der Waals surface area (Å²) in [6.45, 7) is 0. The zero-order valence-corrected chi connectivity index (χ0v) is 16.0. The highest BCUT2D eigenvalue weighted by Crippen LogP contribution is 2.49. The molecular weight excluding hydrogens is 352 g/mol. The van der Waals surface area contributed by atoms with E-state index in [1.807, 2.05) is 6.07 Å². The maximum Gasteiger partial charge on any atom is 0.204 e. The van der Waals surface area contributed by atoms with Gasteiger partial charge in [-0.15, -0.1) is 0 Å². The Morgan fingerprint density at radius 2 is 1.48 bits per heavy atom. The monoisotopic (exact) mass is 374 g/mol. The van der Waals surface area contributed by atoms with Crippen molar-refractivity contribution in [3.63, 3.8) is 0 Å². The Kier molecular flexibility index (Phi) is 5.30. The van der Waals surface area contributed by atoms with Crippen LogP contribution in [-0.4, -0.2) is 41.3 Å². The molecule has 0 spiro atoms. The molecule has 0 amide bonds. The lowest BCUT2D eigenvalue weighted by atomic mass is 9.95. The highest BCUT2D eigenvalue weighted by atomic mass is 16.5. The first-order chi connectivity index (χ1) is 13.1. The Labute approximate surface area is 157 Å². The number of ketones is 1. The van der Waals surface area contributed by atoms with E-state index in [0.717, 1.165) is 5.56 Å². The lowest BCUT2D eigenvalue weighted by Crippen LogP contribution is -2.21. The van der Waals surface area contributed by atoms with Gasteiger partial charge in [-0.1, -0.05) is 6.07 Å². The van der Waals surface area contributed by atoms with Crippen molar-refractivity contribution in [3.05, 3.63) is 35.4 Å². The Morgan fingerprint density at radius 3 is 2.07 bits per heavy atom. The maximum atomic E-state index is 12.9. The third-order valence-electron chi connectivity index (χ3n) is 4.49. The van der Waals surface area contributed by atoms with E-state index in [-0.39, 0.29) is 12.2 Å². The minimum absolute atomic E-state index is 0.103. The van der Waals surface area contributed by atoms with Crippen molar-refractivity contribution in [1.82, 2.24) is 0 Å². The molecule has 0 saturated carbocycles. The van der Waals surface area contributed by atoms with E-state index in [0.29, 0.717) is 40.1 Å². The second-order valence-corrected chi connectivity index (χ2v) is 5.87. The van der Waals surface area contributed by atoms with Crippen LogP contribution in [0.5, 0.6) is 34.5 Å². The number of hydrogen-bond acceptors (Lipinski definition) is 7. The molecule has 144 valence electrons. The summed E-state index contributed by atoms with van der Waals surface area (Å²) < 4.78 is 32.8. The Hall–Kier alpha value is -3.09. The molecule has 1 heterocycles. The first kappa shape index (κ1) is 18.7. The number of carbonyl (C=O) groups is 1. The number of benzene rings is 2. The average molecular weight is 374 g/mol. The molecule has 0 bridgehead atoms. The van der Waals surface area contributed by atoms with Crippen LogP contribution in [0.15, 0.2) is 24.3 Å². The van der Waals surface area contributed by atoms with E-state index < -0.39 is 6.10 Å². The smallest absolute Gasteiger partial charge is 0.204 e. The van der Waals surface area contributed by atoms with Crippen molar-refractivity contribution >= 4 is 5.78 Å². The van der Waals surface area contributed by atoms with Gasteiger partial charge in [0.05, 0.1) is 42.0 Å². The number of methoxy groups -OCH3 is 5. The number of carbonyl (C=O) groups excluding carboxylic acids is 1. The summed E-state index contributed by atoms with van der Waals surface area (Å²) in [5, 5.41) is 0. The molecule has 0 saturated heterocycles. The first-order valence-electron chi connectivity index (χ1n) is 8.32. The molecule has 1 aliphatic rings. The maximum absolute atomic E-state index is 12.9. The van der Waals surface area contributed by atoms with Crippen LogP contribution in [0, 0.1) is 0 Å². The van der Waals surface area contributed by atoms with Gasteiger partial charge in [-0.25, -0.2) is 0 Å². The van der Waals surface area contributed by atoms with Gasteiger partial charge in [0, 0.05) is 6.07 Å². The molecule has 27 heavy (non-hydrogen) atoms. The minimum atomic E-state index is -0.465. The molecule has 0 fully saturated rings. The van der Waals surface area contributed by atoms with Crippen molar-refractivity contribution in [2.24, 2.45) is 0 Å². The minimum Gasteiger partial charge on any atom is -0.493 e. The van der Waals surface area contributed by atoms with Crippen LogP contribution < -0.4 is 28.4 Å². The van der Waals surface area contributed by atoms with Crippen molar-refractivity contribution in [3.8, 4) is 34.5 Å². The van der Waals surface area contributed by atoms with Gasteiger partial charge in [0.25, 0.3) is 0 Å². The zero-order chi connectivity index (χ0) is 19.6. The summed E-state index contributed by atoms with van der Waals surface area (Å²) in [7, 11) is 7.62. The fourth-order valence-corrected chi connectivity index (χ4v) is 3.20. The molecule has 7 nitrogen and oxygen atoms in total. The SMILES string of the molecule is COc1ccc([C@H]2CC(=O)c3c(cc(OC)c(OC)c3OC)O2)cc1OC. The molecule has 7 heteroatoms. The normalized spacial score (nSPS) is 15.4. The molecule has 1 aliphatic heterocycles. The Bertz CT molecular complexity index is 860. The van der Waals surface area contributed by atoms with Gasteiger partial charge >= 0.3 is 0 Å². The number of hydrogen-bond donors (Lipinski definition) is 0. The average Bonchev–Trinajstić information content (AvgIpc) is 2.71. The van der Waals surface area contributed by atoms with Crippen LogP contribution in [0.3, 0.4) is 0 Å². The lowest BCUT2D eigenvalue weighted by molar-refractivity contribution is 0.0842. The Balaban J connectivity index is 2.05. The number of fused-ring (bicyclic) bond motifs is 1. The topological polar surface area (TPSA) is 72.5 Å². The summed E-state index contributed by atoms with van der Waals surface area (Å²) in [6, 6.07) is 7.08. The van der Waals surface area contributed by atoms with Crippen molar-refractivity contribution < 1.29 is 33.2 Å². The predicted octanol–water partition coefficient (Wildman–Crippen LogP) is 3.44. The van der Waals surface area contributed by atoms with E-state index in [2.05, 4.69) is 0 Å². The number of Topliss-reactive ketones (excluding diaryl/α,β-unsaturated/α-hetero) is 1. The lowest BCUT2D eigenvalue weighted by Gasteiger charge is -2.28. The summed E-state index contributed by atoms with van der Waals surface area (Å²) in [5.74, 6) is 2.56. The molecule has 0 aliphatic carbocycles. The number of rotatable bonds is 6. The van der Waals surface area contributed by atoms with Gasteiger partial charge in [0.1, 0.15) is 17.4 Å². The molecule has 2 aromatic carbocycles. The first-order valence-corrected chi connectivity index (χ1v) is 8.32. The molecular formula is C20H22O7. The van der Waals surface area contributed by atoms with E-state index in [9.17, 15) is 4.79 Å². The third kappa shape index (κ3) is 3.20. The van der Waals surface area contributed by atoms with E-state index in [4.69, 9.17) is 28.4 Å². The summed E-state index contributed by atoms with van der Waals surface area (Å²) in [4.78, 5) is 12.9. The molecule has 0 aromatic heterocycles. The molecule has 0 unspecified atom stereocenters. The molecule has 0 radical (unpaired) electrons. The fourth-order valence-electron chi connectivity index (χ4n) is 3.20. The second-order valence-electron chi connectivity index (χ2n) is 5.87. The quantitative estimate of drug-likeness (QED) is 0.767. The van der Waals surface area contributed by atoms with Crippen molar-refractivity contribution in [2.75, 3.05) is 35.5 Å². The third-order valence-corrected chi connectivity index (χ3v) is 4.49. The van der Waals surface area contributed by atoms with Gasteiger partial charge in [-0.3, -0.25) is 4.79 Å². The van der Waals surface area contributed by atoms with Crippen LogP contribution in [0.4, 0.5) is 0 Å². The highest BCUT2D eigenvalue weighted by molar-refractivity contribution is 6.04. The molecule has 1 atom stereocenters. The van der Waals surface area contributed by atoms with Gasteiger partial charge in [0.15, 0.2) is 28.8 Å². The molecule has 3 rings (SSSR count). The van der Waals surface area contributed by atoms with E-state index in [1.54, 1.807) is 32.4 Å². The van der Waals surface area contributed by atoms with Gasteiger partial charge in [-0.2, -0.15) is 0 Å². The van der Waals surface area contributed by atoms with Crippen LogP contribution in [0.1, 0.15) is 28.4 Å². The molecule has 2 aromatic rings. The standard InChI is InChI=1S/C20H22O7/c1-22-13-7-6-11(8-15(13)23-2)14-9-12(21)18-16(27-14)10-17(24-3)19(25-4)20(18)26-5/h6-8,10,14H,9H2,1-5H3/t14-/m1/s1. The summed E-state index contributed by atoms with van der Waals surface area (Å²) >= 11 is 0.